The van der Waals surface area contributed by atoms with Gasteiger partial charge >= 0.3 is 6.09 Å². The van der Waals surface area contributed by atoms with Crippen LogP contribution in [0.4, 0.5) is 4.79 Å². The zero-order valence-electron chi connectivity index (χ0n) is 36.9. The molecule has 1 fully saturated rings. The molecule has 0 saturated heterocycles. The second-order valence-electron chi connectivity index (χ2n) is 16.2. The number of carbonyl (C=O) groups is 2. The van der Waals surface area contributed by atoms with Crippen molar-refractivity contribution in [1.82, 2.24) is 4.90 Å². The van der Waals surface area contributed by atoms with E-state index in [2.05, 4.69) is 12.7 Å². The van der Waals surface area contributed by atoms with Crippen molar-refractivity contribution < 1.29 is 58.2 Å². The average Bonchev–Trinajstić information content (AvgIpc) is 3.31. The highest BCUT2D eigenvalue weighted by atomic mass is 16.7. The predicted molar refractivity (Wildman–Crippen MR) is 241 cm³/mol. The predicted octanol–water partition coefficient (Wildman–Crippen LogP) is 7.61. The first kappa shape index (κ1) is 48.4. The first-order valence-corrected chi connectivity index (χ1v) is 22.6. The molecule has 1 amide bonds. The minimum absolute atomic E-state index is 0.0101. The maximum atomic E-state index is 14.6. The van der Waals surface area contributed by atoms with Crippen LogP contribution in [0.2, 0.25) is 0 Å². The Morgan fingerprint density at radius 1 is 0.906 bits per heavy atom. The molecule has 3 N–H and O–H groups in total. The van der Waals surface area contributed by atoms with Gasteiger partial charge in [-0.3, -0.25) is 9.69 Å². The van der Waals surface area contributed by atoms with E-state index < -0.39 is 23.8 Å². The summed E-state index contributed by atoms with van der Waals surface area (Å²) in [4.78, 5) is 33.7. The third kappa shape index (κ3) is 12.0. The van der Waals surface area contributed by atoms with Crippen molar-refractivity contribution in [2.45, 2.75) is 76.2 Å². The van der Waals surface area contributed by atoms with Crippen LogP contribution in [0.1, 0.15) is 79.3 Å². The Kier molecular flexibility index (Phi) is 18.8. The van der Waals surface area contributed by atoms with Gasteiger partial charge in [0.15, 0.2) is 0 Å². The summed E-state index contributed by atoms with van der Waals surface area (Å²) in [5.74, 6) is -0.741. The number of fused-ring (bicyclic) bond motifs is 2. The minimum atomic E-state index is -1.52. The largest absolute Gasteiger partial charge is 0.459 e. The number of carbonyl (C=O) groups excluding carboxylic acids is 2. The molecule has 64 heavy (non-hydrogen) atoms. The van der Waals surface area contributed by atoms with Crippen LogP contribution < -0.4 is 9.47 Å². The molecule has 1 heterocycles. The van der Waals surface area contributed by atoms with E-state index in [0.29, 0.717) is 54.6 Å². The van der Waals surface area contributed by atoms with Gasteiger partial charge in [0.2, 0.25) is 5.79 Å². The molecule has 14 heteroatoms. The van der Waals surface area contributed by atoms with E-state index >= 15 is 0 Å². The molecule has 0 bridgehead atoms. The number of nitrogens with zero attached hydrogens (tertiary/aromatic N) is 2. The Balaban J connectivity index is 1.48. The van der Waals surface area contributed by atoms with Gasteiger partial charge in [0.05, 0.1) is 51.3 Å². The van der Waals surface area contributed by atoms with Crippen LogP contribution in [0.5, 0.6) is 17.2 Å². The molecule has 3 aromatic rings. The van der Waals surface area contributed by atoms with Crippen LogP contribution in [0, 0.1) is 17.8 Å². The third-order valence-corrected chi connectivity index (χ3v) is 12.1. The Hall–Kier alpha value is -5.09. The Morgan fingerprint density at radius 3 is 2.45 bits per heavy atom. The molecule has 1 saturated carbocycles. The molecule has 6 unspecified atom stereocenters. The molecular weight excluding hydrogens is 821 g/mol. The Morgan fingerprint density at radius 2 is 1.70 bits per heavy atom. The number of aliphatic hydroxyl groups is 3. The van der Waals surface area contributed by atoms with E-state index in [1.165, 1.54) is 0 Å². The summed E-state index contributed by atoms with van der Waals surface area (Å²) in [7, 11) is 0. The maximum absolute atomic E-state index is 14.6. The lowest BCUT2D eigenvalue weighted by Gasteiger charge is -2.59. The van der Waals surface area contributed by atoms with Crippen molar-refractivity contribution in [2.24, 2.45) is 22.9 Å². The van der Waals surface area contributed by atoms with E-state index in [0.717, 1.165) is 48.7 Å². The van der Waals surface area contributed by atoms with Crippen LogP contribution in [0.25, 0.3) is 0 Å². The molecule has 14 nitrogen and oxygen atoms in total. The molecule has 0 radical (unpaired) electrons. The Bertz CT molecular complexity index is 2010. The van der Waals surface area contributed by atoms with Crippen LogP contribution in [-0.4, -0.2) is 116 Å². The van der Waals surface area contributed by atoms with Gasteiger partial charge in [-0.15, -0.1) is 6.58 Å². The number of aliphatic hydroxyl groups excluding tert-OH is 3. The number of unbranched alkanes of at least 4 members (excludes halogenated alkanes) is 2. The normalized spacial score (nSPS) is 22.7. The summed E-state index contributed by atoms with van der Waals surface area (Å²) < 4.78 is 38.3. The van der Waals surface area contributed by atoms with Crippen LogP contribution in [0.15, 0.2) is 102 Å². The average molecular weight is 885 g/mol. The fourth-order valence-corrected chi connectivity index (χ4v) is 9.38. The van der Waals surface area contributed by atoms with Crippen molar-refractivity contribution in [2.75, 3.05) is 66.0 Å². The molecule has 6 rings (SSSR count). The van der Waals surface area contributed by atoms with E-state index in [4.69, 9.17) is 38.4 Å². The summed E-state index contributed by atoms with van der Waals surface area (Å²) in [5.41, 5.74) is 3.90. The van der Waals surface area contributed by atoms with Gasteiger partial charge in [-0.1, -0.05) is 72.6 Å². The number of aldehydes is 1. The first-order valence-electron chi connectivity index (χ1n) is 22.6. The number of hydrogen-bond acceptors (Lipinski definition) is 13. The summed E-state index contributed by atoms with van der Waals surface area (Å²) in [6, 6.07) is 21.5. The molecule has 1 aliphatic heterocycles. The first-order chi connectivity index (χ1) is 31.4. The fourth-order valence-electron chi connectivity index (χ4n) is 9.38. The molecule has 0 aromatic heterocycles. The third-order valence-electron chi connectivity index (χ3n) is 12.1. The second kappa shape index (κ2) is 24.8. The zero-order chi connectivity index (χ0) is 45.2. The van der Waals surface area contributed by atoms with Crippen molar-refractivity contribution >= 4 is 18.1 Å². The Labute approximate surface area is 376 Å². The van der Waals surface area contributed by atoms with Crippen molar-refractivity contribution in [1.29, 1.82) is 0 Å². The number of ether oxygens (including phenoxy) is 6. The lowest BCUT2D eigenvalue weighted by atomic mass is 9.55. The van der Waals surface area contributed by atoms with Gasteiger partial charge in [-0.2, -0.15) is 0 Å². The van der Waals surface area contributed by atoms with E-state index in [-0.39, 0.29) is 83.6 Å². The highest BCUT2D eigenvalue weighted by molar-refractivity contribution is 6.03. The van der Waals surface area contributed by atoms with E-state index in [9.17, 15) is 24.9 Å². The van der Waals surface area contributed by atoms with Crippen LogP contribution in [0.3, 0.4) is 0 Å². The van der Waals surface area contributed by atoms with Gasteiger partial charge in [-0.05, 0) is 85.9 Å². The van der Waals surface area contributed by atoms with Crippen molar-refractivity contribution in [3.8, 4) is 17.2 Å². The SMILES string of the molecule is C=CCOC12Oc3ccc(Oc4cccc(C=O)c4)cc3C3C(CCCCO)C(CCCCO)C=C(C(=NOCC)CC1N(CCOCCO)C(=O)OCCOCc1ccccc1)C32. The lowest BCUT2D eigenvalue weighted by Crippen LogP contribution is -2.70. The van der Waals surface area contributed by atoms with Gasteiger partial charge in [-0.25, -0.2) is 4.79 Å². The van der Waals surface area contributed by atoms with Crippen LogP contribution in [-0.2, 0) is 30.4 Å². The quantitative estimate of drug-likeness (QED) is 0.0296. The second-order valence-corrected chi connectivity index (χ2v) is 16.2. The fraction of sp³-hybridized carbons (Fsp3) is 0.500. The van der Waals surface area contributed by atoms with Gasteiger partial charge < -0.3 is 48.6 Å². The molecule has 0 spiro atoms. The van der Waals surface area contributed by atoms with Gasteiger partial charge in [0.25, 0.3) is 0 Å². The molecule has 346 valence electrons. The number of oxime groups is 1. The van der Waals surface area contributed by atoms with E-state index in [1.807, 2.05) is 55.5 Å². The monoisotopic (exact) mass is 884 g/mol. The summed E-state index contributed by atoms with van der Waals surface area (Å²) in [5, 5.41) is 34.2. The minimum Gasteiger partial charge on any atom is -0.459 e. The van der Waals surface area contributed by atoms with Crippen LogP contribution >= 0.6 is 0 Å². The number of amides is 1. The number of hydrogen-bond donors (Lipinski definition) is 3. The molecule has 2 aliphatic carbocycles. The molecule has 6 atom stereocenters. The maximum Gasteiger partial charge on any atom is 0.410 e. The smallest absolute Gasteiger partial charge is 0.410 e. The topological polar surface area (TPSA) is 175 Å². The summed E-state index contributed by atoms with van der Waals surface area (Å²) >= 11 is 0. The highest BCUT2D eigenvalue weighted by Gasteiger charge is 2.65. The summed E-state index contributed by atoms with van der Waals surface area (Å²) in [6.45, 7) is 6.95. The lowest BCUT2D eigenvalue weighted by molar-refractivity contribution is -0.256. The zero-order valence-corrected chi connectivity index (χ0v) is 36.9. The standard InChI is InChI=1S/C50H64N2O12/c1-3-25-61-50-46(52(21-26-58-27-24-55)49(57)60-29-28-59-35-36-13-6-5-7-14-36)33-44(51-62-4-2)42-31-38(16-8-10-22-53)41(18-9-11-23-54)47(48(42)50)43-32-40(19-20-45(43)64-50)63-39-17-12-15-37(30-39)34-56/h3,5-7,12-15,17,19-20,30-32,34,38,41,46-48,53-55H,1,4,8-11,16,18,21-29,33,35H2,2H3. The van der Waals surface area contributed by atoms with Crippen molar-refractivity contribution in [3.63, 3.8) is 0 Å². The number of rotatable bonds is 27. The van der Waals surface area contributed by atoms with E-state index in [1.54, 1.807) is 35.2 Å². The van der Waals surface area contributed by atoms with Crippen molar-refractivity contribution in [3.05, 3.63) is 114 Å². The number of allylic oxidation sites excluding steroid dienone is 1. The van der Waals surface area contributed by atoms with Gasteiger partial charge in [0, 0.05) is 43.2 Å². The number of benzene rings is 3. The molecular formula is C50H64N2O12. The summed E-state index contributed by atoms with van der Waals surface area (Å²) in [6.07, 6.45) is 8.62. The van der Waals surface area contributed by atoms with Gasteiger partial charge in [0.1, 0.15) is 42.8 Å². The molecule has 3 aromatic carbocycles. The molecule has 3 aliphatic rings. The highest BCUT2D eigenvalue weighted by Crippen LogP contribution is 2.62.